The van der Waals surface area contributed by atoms with Crippen molar-refractivity contribution in [2.24, 2.45) is 0 Å². The maximum atomic E-state index is 12.8. The molecule has 1 amide bonds. The van der Waals surface area contributed by atoms with E-state index in [4.69, 9.17) is 9.47 Å². The number of pyridine rings is 1. The van der Waals surface area contributed by atoms with E-state index in [1.807, 2.05) is 29.2 Å². The molecule has 0 bridgehead atoms. The molecule has 2 aromatic heterocycles. The van der Waals surface area contributed by atoms with E-state index in [0.717, 1.165) is 30.8 Å². The number of piperidine rings is 1. The number of benzene rings is 1. The lowest BCUT2D eigenvalue weighted by Crippen LogP contribution is -2.39. The molecule has 1 saturated heterocycles. The first-order valence-electron chi connectivity index (χ1n) is 9.56. The van der Waals surface area contributed by atoms with Crippen molar-refractivity contribution in [2.45, 2.75) is 18.8 Å². The van der Waals surface area contributed by atoms with Gasteiger partial charge in [-0.05, 0) is 49.2 Å². The maximum absolute atomic E-state index is 12.8. The summed E-state index contributed by atoms with van der Waals surface area (Å²) in [7, 11) is 1.62. The summed E-state index contributed by atoms with van der Waals surface area (Å²) in [5, 5.41) is 0. The zero-order chi connectivity index (χ0) is 20.1. The second-order valence-electron chi connectivity index (χ2n) is 6.85. The van der Waals surface area contributed by atoms with E-state index in [1.54, 1.807) is 44.0 Å². The Bertz CT molecular complexity index is 963. The third-order valence-electron chi connectivity index (χ3n) is 4.99. The van der Waals surface area contributed by atoms with E-state index in [-0.39, 0.29) is 11.8 Å². The Kier molecular flexibility index (Phi) is 5.65. The van der Waals surface area contributed by atoms with Crippen LogP contribution in [0.3, 0.4) is 0 Å². The molecule has 1 aliphatic heterocycles. The normalized spacial score (nSPS) is 16.3. The summed E-state index contributed by atoms with van der Waals surface area (Å²) in [5.74, 6) is 1.97. The number of hydrogen-bond acceptors (Lipinski definition) is 6. The molecule has 0 saturated carbocycles. The van der Waals surface area contributed by atoms with Gasteiger partial charge in [-0.25, -0.2) is 4.98 Å². The Hall–Kier alpha value is -3.48. The van der Waals surface area contributed by atoms with Gasteiger partial charge in [0.25, 0.3) is 5.91 Å². The highest BCUT2D eigenvalue weighted by Crippen LogP contribution is 2.33. The van der Waals surface area contributed by atoms with Gasteiger partial charge in [-0.1, -0.05) is 0 Å². The van der Waals surface area contributed by atoms with Crippen molar-refractivity contribution >= 4 is 5.91 Å². The predicted molar refractivity (Wildman–Crippen MR) is 107 cm³/mol. The molecule has 0 aliphatic carbocycles. The molecule has 4 rings (SSSR count). The van der Waals surface area contributed by atoms with Crippen LogP contribution in [0.5, 0.6) is 17.4 Å². The van der Waals surface area contributed by atoms with Crippen LogP contribution in [0.4, 0.5) is 0 Å². The number of ether oxygens (including phenoxy) is 2. The molecule has 29 heavy (non-hydrogen) atoms. The van der Waals surface area contributed by atoms with Crippen molar-refractivity contribution in [1.29, 1.82) is 0 Å². The van der Waals surface area contributed by atoms with Crippen molar-refractivity contribution < 1.29 is 14.3 Å². The fourth-order valence-electron chi connectivity index (χ4n) is 3.51. The molecule has 0 spiro atoms. The van der Waals surface area contributed by atoms with Gasteiger partial charge in [0.2, 0.25) is 5.88 Å². The molecule has 1 fully saturated rings. The molecular formula is C22H22N4O3. The zero-order valence-corrected chi connectivity index (χ0v) is 16.2. The van der Waals surface area contributed by atoms with E-state index in [0.29, 0.717) is 23.7 Å². The molecular weight excluding hydrogens is 368 g/mol. The second-order valence-corrected chi connectivity index (χ2v) is 6.85. The molecule has 148 valence electrons. The first-order chi connectivity index (χ1) is 14.2. The van der Waals surface area contributed by atoms with Crippen LogP contribution in [-0.4, -0.2) is 46.0 Å². The first kappa shape index (κ1) is 18.9. The van der Waals surface area contributed by atoms with Crippen LogP contribution in [0.1, 0.15) is 34.8 Å². The molecule has 1 aliphatic rings. The Labute approximate surface area is 169 Å². The van der Waals surface area contributed by atoms with Crippen molar-refractivity contribution in [3.8, 4) is 17.4 Å². The Balaban J connectivity index is 1.52. The molecule has 7 nitrogen and oxygen atoms in total. The van der Waals surface area contributed by atoms with Crippen LogP contribution >= 0.6 is 0 Å². The summed E-state index contributed by atoms with van der Waals surface area (Å²) >= 11 is 0. The lowest BCUT2D eigenvalue weighted by atomic mass is 9.94. The van der Waals surface area contributed by atoms with E-state index < -0.39 is 0 Å². The van der Waals surface area contributed by atoms with Gasteiger partial charge in [-0.2, -0.15) is 0 Å². The van der Waals surface area contributed by atoms with Gasteiger partial charge in [0, 0.05) is 49.4 Å². The van der Waals surface area contributed by atoms with Crippen LogP contribution in [0.15, 0.2) is 61.2 Å². The number of carbonyl (C=O) groups excluding carboxylic acids is 1. The number of aromatic nitrogens is 3. The number of methoxy groups -OCH3 is 1. The highest BCUT2D eigenvalue weighted by Gasteiger charge is 2.29. The molecule has 7 heteroatoms. The minimum Gasteiger partial charge on any atom is -0.497 e. The number of amides is 1. The third-order valence-corrected chi connectivity index (χ3v) is 4.99. The third kappa shape index (κ3) is 4.34. The lowest BCUT2D eigenvalue weighted by molar-refractivity contribution is 0.0704. The van der Waals surface area contributed by atoms with Crippen molar-refractivity contribution in [3.63, 3.8) is 0 Å². The number of hydrogen-bond donors (Lipinski definition) is 0. The molecule has 3 heterocycles. The van der Waals surface area contributed by atoms with Crippen LogP contribution in [0.2, 0.25) is 0 Å². The lowest BCUT2D eigenvalue weighted by Gasteiger charge is -2.32. The van der Waals surface area contributed by atoms with E-state index in [2.05, 4.69) is 15.0 Å². The smallest absolute Gasteiger partial charge is 0.253 e. The van der Waals surface area contributed by atoms with E-state index >= 15 is 0 Å². The number of nitrogens with zero attached hydrogens (tertiary/aromatic N) is 4. The highest BCUT2D eigenvalue weighted by atomic mass is 16.5. The summed E-state index contributed by atoms with van der Waals surface area (Å²) in [6.45, 7) is 1.31. The zero-order valence-electron chi connectivity index (χ0n) is 16.2. The van der Waals surface area contributed by atoms with Gasteiger partial charge < -0.3 is 14.4 Å². The van der Waals surface area contributed by atoms with Crippen molar-refractivity contribution in [2.75, 3.05) is 20.2 Å². The molecule has 1 atom stereocenters. The summed E-state index contributed by atoms with van der Waals surface area (Å²) in [6.07, 6.45) is 8.39. The maximum Gasteiger partial charge on any atom is 0.253 e. The van der Waals surface area contributed by atoms with Crippen molar-refractivity contribution in [3.05, 3.63) is 72.4 Å². The van der Waals surface area contributed by atoms with Gasteiger partial charge >= 0.3 is 0 Å². The Morgan fingerprint density at radius 1 is 1.00 bits per heavy atom. The van der Waals surface area contributed by atoms with Gasteiger partial charge in [-0.3, -0.25) is 14.8 Å². The highest BCUT2D eigenvalue weighted by molar-refractivity contribution is 5.94. The summed E-state index contributed by atoms with van der Waals surface area (Å²) in [6, 6.07) is 10.8. The fourth-order valence-corrected chi connectivity index (χ4v) is 3.51. The summed E-state index contributed by atoms with van der Waals surface area (Å²) in [5.41, 5.74) is 1.42. The van der Waals surface area contributed by atoms with Crippen LogP contribution < -0.4 is 9.47 Å². The number of likely N-dealkylation sites (tertiary alicyclic amines) is 1. The predicted octanol–water partition coefficient (Wildman–Crippen LogP) is 3.69. The van der Waals surface area contributed by atoms with E-state index in [9.17, 15) is 4.79 Å². The topological polar surface area (TPSA) is 77.4 Å². The van der Waals surface area contributed by atoms with Crippen LogP contribution in [0.25, 0.3) is 0 Å². The second kappa shape index (κ2) is 8.68. The summed E-state index contributed by atoms with van der Waals surface area (Å²) in [4.78, 5) is 27.6. The molecule has 1 unspecified atom stereocenters. The minimum atomic E-state index is 0.0126. The number of rotatable bonds is 5. The summed E-state index contributed by atoms with van der Waals surface area (Å²) < 4.78 is 11.2. The monoisotopic (exact) mass is 390 g/mol. The molecule has 0 radical (unpaired) electrons. The average Bonchev–Trinajstić information content (AvgIpc) is 2.80. The van der Waals surface area contributed by atoms with Gasteiger partial charge in [-0.15, -0.1) is 0 Å². The van der Waals surface area contributed by atoms with Crippen molar-refractivity contribution in [1.82, 2.24) is 19.9 Å². The SMILES string of the molecule is COc1ccc(Oc2nccnc2C2CCCN(C(=O)c3ccncc3)C2)cc1. The van der Waals surface area contributed by atoms with E-state index in [1.165, 1.54) is 0 Å². The van der Waals surface area contributed by atoms with Crippen LogP contribution in [0, 0.1) is 0 Å². The number of carbonyl (C=O) groups is 1. The fraction of sp³-hybridized carbons (Fsp3) is 0.273. The largest absolute Gasteiger partial charge is 0.497 e. The molecule has 3 aromatic rings. The standard InChI is InChI=1S/C22H22N4O3/c1-28-18-4-6-19(7-5-18)29-21-20(24-12-13-25-21)17-3-2-14-26(15-17)22(27)16-8-10-23-11-9-16/h4-13,17H,2-3,14-15H2,1H3. The Morgan fingerprint density at radius 2 is 1.72 bits per heavy atom. The van der Waals surface area contributed by atoms with Gasteiger partial charge in [0.05, 0.1) is 7.11 Å². The van der Waals surface area contributed by atoms with Gasteiger partial charge in [0.1, 0.15) is 17.2 Å². The molecule has 1 aromatic carbocycles. The molecule has 0 N–H and O–H groups in total. The minimum absolute atomic E-state index is 0.0126. The quantitative estimate of drug-likeness (QED) is 0.661. The average molecular weight is 390 g/mol. The van der Waals surface area contributed by atoms with Gasteiger partial charge in [0.15, 0.2) is 0 Å². The Morgan fingerprint density at radius 3 is 2.48 bits per heavy atom. The first-order valence-corrected chi connectivity index (χ1v) is 9.56. The van der Waals surface area contributed by atoms with Crippen LogP contribution in [-0.2, 0) is 0 Å².